The lowest BCUT2D eigenvalue weighted by Crippen LogP contribution is -2.45. The zero-order chi connectivity index (χ0) is 19.1. The maximum atomic E-state index is 11.7. The van der Waals surface area contributed by atoms with Crippen LogP contribution >= 0.6 is 0 Å². The molecule has 0 aliphatic carbocycles. The second kappa shape index (κ2) is 9.00. The van der Waals surface area contributed by atoms with E-state index in [1.54, 1.807) is 31.3 Å². The van der Waals surface area contributed by atoms with Gasteiger partial charge in [-0.3, -0.25) is 14.8 Å². The molecule has 2 rings (SSSR count). The lowest BCUT2D eigenvalue weighted by molar-refractivity contribution is -0.128. The second-order valence-corrected chi connectivity index (χ2v) is 6.01. The van der Waals surface area contributed by atoms with Crippen molar-refractivity contribution in [3.63, 3.8) is 0 Å². The molecule has 1 amide bonds. The number of aromatic nitrogens is 1. The zero-order valence-corrected chi connectivity index (χ0v) is 15.5. The summed E-state index contributed by atoms with van der Waals surface area (Å²) in [6, 6.07) is 3.74. The van der Waals surface area contributed by atoms with Crippen molar-refractivity contribution in [2.75, 3.05) is 32.5 Å². The Morgan fingerprint density at radius 3 is 2.77 bits per heavy atom. The molecule has 140 valence electrons. The predicted octanol–water partition coefficient (Wildman–Crippen LogP) is 0.504. The van der Waals surface area contributed by atoms with Crippen LogP contribution in [0.1, 0.15) is 19.0 Å². The molecular formula is C18H27N7O. The number of anilines is 1. The van der Waals surface area contributed by atoms with Crippen LogP contribution in [0.2, 0.25) is 0 Å². The molecule has 0 saturated heterocycles. The highest BCUT2D eigenvalue weighted by Gasteiger charge is 2.24. The molecule has 1 unspecified atom stereocenters. The van der Waals surface area contributed by atoms with Crippen LogP contribution in [0.4, 0.5) is 5.69 Å². The van der Waals surface area contributed by atoms with Crippen LogP contribution in [0.15, 0.2) is 40.8 Å². The fourth-order valence-corrected chi connectivity index (χ4v) is 2.88. The van der Waals surface area contributed by atoms with Crippen LogP contribution in [0.25, 0.3) is 5.57 Å². The number of amides is 1. The van der Waals surface area contributed by atoms with Crippen molar-refractivity contribution in [2.24, 2.45) is 16.5 Å². The maximum Gasteiger partial charge on any atom is 0.219 e. The van der Waals surface area contributed by atoms with Gasteiger partial charge in [-0.25, -0.2) is 0 Å². The number of carbonyl (C=O) groups is 1. The Labute approximate surface area is 154 Å². The van der Waals surface area contributed by atoms with Gasteiger partial charge in [0.05, 0.1) is 17.6 Å². The third-order valence-electron chi connectivity index (χ3n) is 4.33. The zero-order valence-electron chi connectivity index (χ0n) is 15.5. The molecule has 6 N–H and O–H groups in total. The number of pyridine rings is 1. The van der Waals surface area contributed by atoms with Crippen LogP contribution in [0.5, 0.6) is 0 Å². The number of hydrogen-bond acceptors (Lipinski definition) is 7. The molecule has 1 aromatic heterocycles. The first-order valence-corrected chi connectivity index (χ1v) is 8.48. The fourth-order valence-electron chi connectivity index (χ4n) is 2.88. The number of carbonyl (C=O) groups excluding carboxylic acids is 1. The third-order valence-corrected chi connectivity index (χ3v) is 4.33. The Kier molecular flexibility index (Phi) is 6.74. The van der Waals surface area contributed by atoms with Gasteiger partial charge < -0.3 is 27.0 Å². The molecule has 8 heteroatoms. The van der Waals surface area contributed by atoms with E-state index in [9.17, 15) is 4.79 Å². The van der Waals surface area contributed by atoms with E-state index in [-0.39, 0.29) is 5.91 Å². The summed E-state index contributed by atoms with van der Waals surface area (Å²) >= 11 is 0. The molecule has 0 aromatic carbocycles. The van der Waals surface area contributed by atoms with E-state index in [1.165, 1.54) is 6.20 Å². The molecule has 1 atom stereocenters. The monoisotopic (exact) mass is 357 g/mol. The third kappa shape index (κ3) is 4.60. The summed E-state index contributed by atoms with van der Waals surface area (Å²) in [5.41, 5.74) is 16.3. The van der Waals surface area contributed by atoms with Gasteiger partial charge >= 0.3 is 0 Å². The molecule has 1 aromatic rings. The van der Waals surface area contributed by atoms with Crippen LogP contribution in [0, 0.1) is 0 Å². The minimum atomic E-state index is -0.422. The molecule has 2 heterocycles. The molecule has 1 aliphatic rings. The normalized spacial score (nSPS) is 16.8. The van der Waals surface area contributed by atoms with E-state index >= 15 is 0 Å². The highest BCUT2D eigenvalue weighted by molar-refractivity contribution is 6.08. The summed E-state index contributed by atoms with van der Waals surface area (Å²) in [7, 11) is 3.55. The highest BCUT2D eigenvalue weighted by atomic mass is 16.2. The van der Waals surface area contributed by atoms with Crippen molar-refractivity contribution in [1.82, 2.24) is 15.2 Å². The maximum absolute atomic E-state index is 11.7. The minimum absolute atomic E-state index is 0.0505. The Morgan fingerprint density at radius 2 is 2.23 bits per heavy atom. The van der Waals surface area contributed by atoms with Crippen LogP contribution in [0.3, 0.4) is 0 Å². The Morgan fingerprint density at radius 1 is 1.46 bits per heavy atom. The Hall–Kier alpha value is -2.87. The van der Waals surface area contributed by atoms with E-state index in [0.717, 1.165) is 34.6 Å². The number of hydrogen-bond donors (Lipinski definition) is 4. The average molecular weight is 357 g/mol. The van der Waals surface area contributed by atoms with E-state index in [4.69, 9.17) is 11.5 Å². The molecule has 8 nitrogen and oxygen atoms in total. The summed E-state index contributed by atoms with van der Waals surface area (Å²) in [5.74, 6) is 0.0505. The summed E-state index contributed by atoms with van der Waals surface area (Å²) < 4.78 is 0. The van der Waals surface area contributed by atoms with E-state index in [2.05, 4.69) is 20.6 Å². The Balaban J connectivity index is 2.14. The largest absolute Gasteiger partial charge is 0.404 e. The average Bonchev–Trinajstić information content (AvgIpc) is 2.66. The van der Waals surface area contributed by atoms with Crippen LogP contribution < -0.4 is 22.1 Å². The van der Waals surface area contributed by atoms with Gasteiger partial charge in [-0.15, -0.1) is 0 Å². The van der Waals surface area contributed by atoms with E-state index in [0.29, 0.717) is 13.1 Å². The number of aliphatic imine (C=N–C) groups is 1. The van der Waals surface area contributed by atoms with Gasteiger partial charge in [0.1, 0.15) is 6.17 Å². The van der Waals surface area contributed by atoms with Crippen molar-refractivity contribution in [2.45, 2.75) is 19.5 Å². The molecule has 0 bridgehead atoms. The van der Waals surface area contributed by atoms with E-state index in [1.807, 2.05) is 19.2 Å². The number of rotatable bonds is 6. The SMILES string of the molecule is CN=CC(=CN)c1ccc(NC(N)C2=C(NC)CCN(C(C)=O)C2)cn1. The van der Waals surface area contributed by atoms with Crippen molar-refractivity contribution in [3.05, 3.63) is 41.5 Å². The number of nitrogens with two attached hydrogens (primary N) is 2. The van der Waals surface area contributed by atoms with E-state index < -0.39 is 6.17 Å². The standard InChI is InChI=1S/C18H27N7O/c1-12(26)25-7-6-17(22-3)15(11-25)18(20)24-14-4-5-16(23-10-14)13(8-19)9-21-2/h4-5,8-10,18,22,24H,6-7,11,19-20H2,1-3H3. The van der Waals surface area contributed by atoms with Crippen LogP contribution in [-0.4, -0.2) is 55.4 Å². The lowest BCUT2D eigenvalue weighted by atomic mass is 10.0. The first-order valence-electron chi connectivity index (χ1n) is 8.48. The highest BCUT2D eigenvalue weighted by Crippen LogP contribution is 2.20. The molecule has 0 fully saturated rings. The quantitative estimate of drug-likeness (QED) is 0.435. The summed E-state index contributed by atoms with van der Waals surface area (Å²) in [5, 5.41) is 6.44. The first-order chi connectivity index (χ1) is 12.5. The fraction of sp³-hybridized carbons (Fsp3) is 0.389. The lowest BCUT2D eigenvalue weighted by Gasteiger charge is -2.33. The smallest absolute Gasteiger partial charge is 0.219 e. The molecular weight excluding hydrogens is 330 g/mol. The minimum Gasteiger partial charge on any atom is -0.404 e. The van der Waals surface area contributed by atoms with Gasteiger partial charge in [-0.2, -0.15) is 0 Å². The van der Waals surface area contributed by atoms with Crippen molar-refractivity contribution in [3.8, 4) is 0 Å². The van der Waals surface area contributed by atoms with Gasteiger partial charge in [0, 0.05) is 69.8 Å². The van der Waals surface area contributed by atoms with Gasteiger partial charge in [-0.05, 0) is 12.1 Å². The Bertz CT molecular complexity index is 722. The van der Waals surface area contributed by atoms with Gasteiger partial charge in [0.15, 0.2) is 0 Å². The molecule has 0 saturated carbocycles. The molecule has 0 spiro atoms. The number of allylic oxidation sites excluding steroid dienone is 1. The van der Waals surface area contributed by atoms with Gasteiger partial charge in [0.2, 0.25) is 5.91 Å². The van der Waals surface area contributed by atoms with Gasteiger partial charge in [-0.1, -0.05) is 0 Å². The van der Waals surface area contributed by atoms with Gasteiger partial charge in [0.25, 0.3) is 0 Å². The first kappa shape index (κ1) is 19.5. The van der Waals surface area contributed by atoms with Crippen LogP contribution in [-0.2, 0) is 4.79 Å². The second-order valence-electron chi connectivity index (χ2n) is 6.01. The number of nitrogens with zero attached hydrogens (tertiary/aromatic N) is 3. The summed E-state index contributed by atoms with van der Waals surface area (Å²) in [6.45, 7) is 2.79. The van der Waals surface area contributed by atoms with Crippen molar-refractivity contribution < 1.29 is 4.79 Å². The topological polar surface area (TPSA) is 122 Å². The number of nitrogens with one attached hydrogen (secondary N) is 2. The molecule has 1 aliphatic heterocycles. The molecule has 26 heavy (non-hydrogen) atoms. The molecule has 0 radical (unpaired) electrons. The summed E-state index contributed by atoms with van der Waals surface area (Å²) in [6.07, 6.45) is 5.17. The summed E-state index contributed by atoms with van der Waals surface area (Å²) in [4.78, 5) is 21.8. The van der Waals surface area contributed by atoms with Crippen molar-refractivity contribution >= 4 is 23.4 Å². The van der Waals surface area contributed by atoms with Crippen molar-refractivity contribution in [1.29, 1.82) is 0 Å². The predicted molar refractivity (Wildman–Crippen MR) is 105 cm³/mol.